The van der Waals surface area contributed by atoms with Gasteiger partial charge in [-0.25, -0.2) is 22.2 Å². The fraction of sp³-hybridized carbons (Fsp3) is 0.167. The van der Waals surface area contributed by atoms with Gasteiger partial charge in [0.1, 0.15) is 11.6 Å². The number of alkyl halides is 3. The van der Waals surface area contributed by atoms with Gasteiger partial charge < -0.3 is 0 Å². The van der Waals surface area contributed by atoms with Crippen molar-refractivity contribution in [2.45, 2.75) is 24.5 Å². The quantitative estimate of drug-likeness (QED) is 0.508. The van der Waals surface area contributed by atoms with Gasteiger partial charge in [-0.3, -0.25) is 4.31 Å². The van der Waals surface area contributed by atoms with Gasteiger partial charge in [0.05, 0.1) is 33.4 Å². The molecule has 0 bridgehead atoms. The van der Waals surface area contributed by atoms with Crippen molar-refractivity contribution >= 4 is 27.0 Å². The van der Waals surface area contributed by atoms with Crippen LogP contribution in [-0.4, -0.2) is 13.4 Å². The third-order valence-electron chi connectivity index (χ3n) is 3.92. The fourth-order valence-corrected chi connectivity index (χ4v) is 4.63. The van der Waals surface area contributed by atoms with Crippen LogP contribution in [0.5, 0.6) is 0 Å². The molecule has 0 N–H and O–H groups in total. The number of hydrogen-bond donors (Lipinski definition) is 0. The SMILES string of the molecule is Cc1nc(CN(c2ccc(F)cc2)S(=O)(=O)c2ccc(F)c(C(F)(F)F)c2)cs1. The summed E-state index contributed by atoms with van der Waals surface area (Å²) in [4.78, 5) is 3.42. The number of sulfonamides is 1. The molecule has 0 saturated heterocycles. The fourth-order valence-electron chi connectivity index (χ4n) is 2.56. The van der Waals surface area contributed by atoms with Gasteiger partial charge in [0.25, 0.3) is 10.0 Å². The second-order valence-electron chi connectivity index (χ2n) is 5.99. The standard InChI is InChI=1S/C18H13F5N2O2S2/c1-11-24-13(10-28-11)9-25(14-4-2-12(19)3-5-14)29(26,27)15-6-7-17(20)16(8-15)18(21,22)23/h2-8,10H,9H2,1H3. The number of halogens is 5. The van der Waals surface area contributed by atoms with Gasteiger partial charge in [-0.15, -0.1) is 11.3 Å². The van der Waals surface area contributed by atoms with Gasteiger partial charge in [-0.2, -0.15) is 13.2 Å². The predicted molar refractivity (Wildman–Crippen MR) is 98.0 cm³/mol. The van der Waals surface area contributed by atoms with Crippen molar-refractivity contribution in [2.75, 3.05) is 4.31 Å². The highest BCUT2D eigenvalue weighted by atomic mass is 32.2. The largest absolute Gasteiger partial charge is 0.419 e. The van der Waals surface area contributed by atoms with Crippen molar-refractivity contribution in [1.29, 1.82) is 0 Å². The molecule has 0 aliphatic rings. The van der Waals surface area contributed by atoms with Crippen LogP contribution >= 0.6 is 11.3 Å². The van der Waals surface area contributed by atoms with E-state index in [1.54, 1.807) is 12.3 Å². The first-order valence-corrected chi connectivity index (χ1v) is 10.4. The van der Waals surface area contributed by atoms with Crippen molar-refractivity contribution in [3.05, 3.63) is 75.7 Å². The summed E-state index contributed by atoms with van der Waals surface area (Å²) in [5.74, 6) is -2.20. The van der Waals surface area contributed by atoms with E-state index in [1.807, 2.05) is 0 Å². The molecule has 2 aromatic carbocycles. The maximum atomic E-state index is 13.6. The van der Waals surface area contributed by atoms with Crippen molar-refractivity contribution < 1.29 is 30.4 Å². The Morgan fingerprint density at radius 3 is 2.28 bits per heavy atom. The summed E-state index contributed by atoms with van der Waals surface area (Å²) in [7, 11) is -4.55. The summed E-state index contributed by atoms with van der Waals surface area (Å²) in [5, 5.41) is 2.27. The van der Waals surface area contributed by atoms with Crippen molar-refractivity contribution in [1.82, 2.24) is 4.98 Å². The Balaban J connectivity index is 2.12. The molecule has 0 amide bonds. The molecule has 29 heavy (non-hydrogen) atoms. The molecule has 0 aliphatic heterocycles. The number of aromatic nitrogens is 1. The molecule has 0 radical (unpaired) electrons. The first kappa shape index (κ1) is 21.2. The van der Waals surface area contributed by atoms with Gasteiger partial charge in [-0.1, -0.05) is 0 Å². The molecule has 0 atom stereocenters. The van der Waals surface area contributed by atoms with Crippen LogP contribution in [0, 0.1) is 18.6 Å². The minimum Gasteiger partial charge on any atom is -0.260 e. The summed E-state index contributed by atoms with van der Waals surface area (Å²) < 4.78 is 93.1. The smallest absolute Gasteiger partial charge is 0.260 e. The van der Waals surface area contributed by atoms with Gasteiger partial charge >= 0.3 is 6.18 Å². The topological polar surface area (TPSA) is 50.3 Å². The molecule has 154 valence electrons. The first-order chi connectivity index (χ1) is 13.5. The van der Waals surface area contributed by atoms with Crippen LogP contribution in [0.15, 0.2) is 52.7 Å². The highest BCUT2D eigenvalue weighted by Gasteiger charge is 2.36. The maximum Gasteiger partial charge on any atom is 0.419 e. The molecule has 3 rings (SSSR count). The number of aryl methyl sites for hydroxylation is 1. The zero-order valence-corrected chi connectivity index (χ0v) is 16.4. The van der Waals surface area contributed by atoms with Crippen LogP contribution in [0.2, 0.25) is 0 Å². The molecular weight excluding hydrogens is 435 g/mol. The number of thiazole rings is 1. The van der Waals surface area contributed by atoms with Crippen LogP contribution < -0.4 is 4.31 Å². The van der Waals surface area contributed by atoms with Crippen molar-refractivity contribution in [2.24, 2.45) is 0 Å². The highest BCUT2D eigenvalue weighted by molar-refractivity contribution is 7.92. The summed E-state index contributed by atoms with van der Waals surface area (Å²) in [6.45, 7) is 1.41. The lowest BCUT2D eigenvalue weighted by Gasteiger charge is -2.24. The molecule has 0 unspecified atom stereocenters. The maximum absolute atomic E-state index is 13.6. The zero-order valence-electron chi connectivity index (χ0n) is 14.7. The predicted octanol–water partition coefficient (Wildman–Crippen LogP) is 5.14. The number of nitrogens with zero attached hydrogens (tertiary/aromatic N) is 2. The Bertz CT molecular complexity index is 1130. The molecule has 4 nitrogen and oxygen atoms in total. The number of hydrogen-bond acceptors (Lipinski definition) is 4. The first-order valence-electron chi connectivity index (χ1n) is 8.04. The minimum absolute atomic E-state index is 0.0231. The Hall–Kier alpha value is -2.53. The molecule has 3 aromatic rings. The molecule has 0 spiro atoms. The van der Waals surface area contributed by atoms with Crippen LogP contribution in [-0.2, 0) is 22.7 Å². The van der Waals surface area contributed by atoms with Crippen LogP contribution in [0.4, 0.5) is 27.6 Å². The van der Waals surface area contributed by atoms with Crippen molar-refractivity contribution in [3.8, 4) is 0 Å². The third kappa shape index (κ3) is 4.56. The average Bonchev–Trinajstić information content (AvgIpc) is 3.05. The summed E-state index contributed by atoms with van der Waals surface area (Å²) in [6, 6.07) is 5.86. The van der Waals surface area contributed by atoms with Gasteiger partial charge in [0, 0.05) is 5.38 Å². The lowest BCUT2D eigenvalue weighted by Crippen LogP contribution is -2.31. The second-order valence-corrected chi connectivity index (χ2v) is 8.91. The van der Waals surface area contributed by atoms with E-state index in [1.165, 1.54) is 23.5 Å². The monoisotopic (exact) mass is 448 g/mol. The lowest BCUT2D eigenvalue weighted by molar-refractivity contribution is -0.140. The van der Waals surface area contributed by atoms with E-state index in [0.717, 1.165) is 22.5 Å². The summed E-state index contributed by atoms with van der Waals surface area (Å²) in [6.07, 6.45) is -5.07. The number of benzene rings is 2. The Morgan fingerprint density at radius 2 is 1.72 bits per heavy atom. The van der Waals surface area contributed by atoms with E-state index in [-0.39, 0.29) is 18.3 Å². The summed E-state index contributed by atoms with van der Waals surface area (Å²) >= 11 is 1.27. The lowest BCUT2D eigenvalue weighted by atomic mass is 10.2. The minimum atomic E-state index is -5.07. The Kier molecular flexibility index (Phi) is 5.63. The molecule has 0 aliphatic carbocycles. The molecule has 1 aromatic heterocycles. The van der Waals surface area contributed by atoms with E-state index in [9.17, 15) is 30.4 Å². The van der Waals surface area contributed by atoms with Crippen LogP contribution in [0.3, 0.4) is 0 Å². The average molecular weight is 448 g/mol. The van der Waals surface area contributed by atoms with E-state index in [4.69, 9.17) is 0 Å². The summed E-state index contributed by atoms with van der Waals surface area (Å²) in [5.41, 5.74) is -1.31. The number of rotatable bonds is 5. The van der Waals surface area contributed by atoms with E-state index in [2.05, 4.69) is 4.98 Å². The molecule has 0 fully saturated rings. The van der Waals surface area contributed by atoms with Gasteiger partial charge in [0.2, 0.25) is 0 Å². The number of anilines is 1. The second kappa shape index (κ2) is 7.71. The van der Waals surface area contributed by atoms with Crippen LogP contribution in [0.1, 0.15) is 16.3 Å². The van der Waals surface area contributed by atoms with E-state index >= 15 is 0 Å². The van der Waals surface area contributed by atoms with E-state index < -0.39 is 38.3 Å². The highest BCUT2D eigenvalue weighted by Crippen LogP contribution is 2.34. The zero-order chi connectivity index (χ0) is 21.4. The normalized spacial score (nSPS) is 12.2. The Morgan fingerprint density at radius 1 is 1.07 bits per heavy atom. The van der Waals surface area contributed by atoms with Gasteiger partial charge in [0.15, 0.2) is 0 Å². The third-order valence-corrected chi connectivity index (χ3v) is 6.51. The Labute approximate surface area is 167 Å². The van der Waals surface area contributed by atoms with Crippen LogP contribution in [0.25, 0.3) is 0 Å². The van der Waals surface area contributed by atoms with E-state index in [0.29, 0.717) is 16.8 Å². The molecule has 0 saturated carbocycles. The molecular formula is C18H13F5N2O2S2. The van der Waals surface area contributed by atoms with Crippen molar-refractivity contribution in [3.63, 3.8) is 0 Å². The molecule has 1 heterocycles. The molecule has 11 heteroatoms. The van der Waals surface area contributed by atoms with Gasteiger partial charge in [-0.05, 0) is 49.4 Å².